The molecule has 1 saturated carbocycles. The summed E-state index contributed by atoms with van der Waals surface area (Å²) in [5.74, 6) is 0.851. The minimum absolute atomic E-state index is 0.170. The minimum atomic E-state index is -0.638. The molecule has 1 aliphatic heterocycles. The first-order valence-electron chi connectivity index (χ1n) is 10.4. The number of amides is 1. The third kappa shape index (κ3) is 2.62. The lowest BCUT2D eigenvalue weighted by Gasteiger charge is -2.32. The zero-order chi connectivity index (χ0) is 19.5. The summed E-state index contributed by atoms with van der Waals surface area (Å²) in [5, 5.41) is 11.2. The van der Waals surface area contributed by atoms with Crippen molar-refractivity contribution >= 4 is 5.91 Å². The van der Waals surface area contributed by atoms with Gasteiger partial charge in [-0.05, 0) is 47.1 Å². The van der Waals surface area contributed by atoms with Crippen LogP contribution in [-0.4, -0.2) is 41.1 Å². The average Bonchev–Trinajstić information content (AvgIpc) is 2.95. The molecule has 1 unspecified atom stereocenters. The van der Waals surface area contributed by atoms with E-state index in [0.29, 0.717) is 17.4 Å². The molecule has 4 heteroatoms. The number of nitrogens with two attached hydrogens (primary N) is 1. The molecule has 3 N–H and O–H groups in total. The number of primary amides is 1. The average molecular weight is 377 g/mol. The van der Waals surface area contributed by atoms with Crippen LogP contribution in [0.5, 0.6) is 0 Å². The van der Waals surface area contributed by atoms with Crippen LogP contribution in [0.25, 0.3) is 0 Å². The molecule has 3 atom stereocenters. The summed E-state index contributed by atoms with van der Waals surface area (Å²) in [7, 11) is 0. The Morgan fingerprint density at radius 1 is 1.11 bits per heavy atom. The largest absolute Gasteiger partial charge is 0.388 e. The van der Waals surface area contributed by atoms with Gasteiger partial charge in [-0.2, -0.15) is 0 Å². The summed E-state index contributed by atoms with van der Waals surface area (Å²) < 4.78 is 0. The van der Waals surface area contributed by atoms with Crippen molar-refractivity contribution < 1.29 is 9.90 Å². The fourth-order valence-electron chi connectivity index (χ4n) is 6.27. The van der Waals surface area contributed by atoms with E-state index in [0.717, 1.165) is 38.9 Å². The number of piperidine rings is 1. The summed E-state index contributed by atoms with van der Waals surface area (Å²) in [6.45, 7) is 5.05. The molecule has 0 radical (unpaired) electrons. The molecule has 0 aromatic heterocycles. The first kappa shape index (κ1) is 17.9. The van der Waals surface area contributed by atoms with Gasteiger partial charge in [0.05, 0.1) is 5.60 Å². The van der Waals surface area contributed by atoms with Gasteiger partial charge in [0.15, 0.2) is 0 Å². The molecule has 28 heavy (non-hydrogen) atoms. The van der Waals surface area contributed by atoms with Crippen LogP contribution in [0, 0.1) is 11.8 Å². The number of carbonyl (C=O) groups excluding carboxylic acids is 1. The van der Waals surface area contributed by atoms with Crippen molar-refractivity contribution in [1.29, 1.82) is 0 Å². The lowest BCUT2D eigenvalue weighted by molar-refractivity contribution is 0.0139. The normalized spacial score (nSPS) is 30.1. The van der Waals surface area contributed by atoms with E-state index in [-0.39, 0.29) is 11.3 Å². The first-order valence-corrected chi connectivity index (χ1v) is 10.4. The van der Waals surface area contributed by atoms with E-state index in [1.54, 1.807) is 6.07 Å². The van der Waals surface area contributed by atoms with Gasteiger partial charge in [-0.3, -0.25) is 9.69 Å². The number of hydrogen-bond donors (Lipinski definition) is 2. The standard InChI is InChI=1S/C24H28N2O2/c1-2-24(19-9-5-8-16(10-19)22(25)27)20-13-26(14-21(20)24)15-23(28)11-17-6-3-4-7-18(17)12-23/h3-10,20-21,28H,2,11-15H2,1H3,(H2,25,27)/t20-,21+,24?. The maximum Gasteiger partial charge on any atom is 0.248 e. The van der Waals surface area contributed by atoms with Crippen LogP contribution >= 0.6 is 0 Å². The summed E-state index contributed by atoms with van der Waals surface area (Å²) >= 11 is 0. The van der Waals surface area contributed by atoms with Crippen molar-refractivity contribution in [2.45, 2.75) is 37.2 Å². The number of fused-ring (bicyclic) bond motifs is 2. The smallest absolute Gasteiger partial charge is 0.248 e. The number of carbonyl (C=O) groups is 1. The maximum absolute atomic E-state index is 11.6. The Morgan fingerprint density at radius 3 is 2.32 bits per heavy atom. The lowest BCUT2D eigenvalue weighted by Crippen LogP contribution is -2.45. The fourth-order valence-corrected chi connectivity index (χ4v) is 6.27. The molecule has 2 aliphatic carbocycles. The number of β-amino-alcohol motifs (C(OH)–C–C–N with tert-alkyl or cyclic N) is 1. The van der Waals surface area contributed by atoms with Crippen molar-refractivity contribution in [2.24, 2.45) is 17.6 Å². The van der Waals surface area contributed by atoms with Crippen LogP contribution < -0.4 is 5.73 Å². The maximum atomic E-state index is 11.6. The van der Waals surface area contributed by atoms with Crippen LogP contribution in [0.3, 0.4) is 0 Å². The molecule has 0 bridgehead atoms. The zero-order valence-electron chi connectivity index (χ0n) is 16.4. The van der Waals surface area contributed by atoms with Crippen LogP contribution in [-0.2, 0) is 18.3 Å². The number of benzene rings is 2. The SMILES string of the molecule is CCC1(c2cccc(C(N)=O)c2)[C@@H]2CN(CC3(O)Cc4ccccc4C3)C[C@@H]21. The number of hydrogen-bond acceptors (Lipinski definition) is 3. The van der Waals surface area contributed by atoms with Crippen molar-refractivity contribution in [1.82, 2.24) is 4.90 Å². The highest BCUT2D eigenvalue weighted by atomic mass is 16.3. The number of aliphatic hydroxyl groups is 1. The molecule has 2 aromatic carbocycles. The molecule has 1 heterocycles. The Bertz CT molecular complexity index is 901. The highest BCUT2D eigenvalue weighted by Crippen LogP contribution is 2.65. The van der Waals surface area contributed by atoms with Gasteiger partial charge in [0.1, 0.15) is 0 Å². The summed E-state index contributed by atoms with van der Waals surface area (Å²) in [5.41, 5.74) is 9.47. The predicted octanol–water partition coefficient (Wildman–Crippen LogP) is 2.52. The highest BCUT2D eigenvalue weighted by Gasteiger charge is 2.67. The van der Waals surface area contributed by atoms with Crippen molar-refractivity contribution in [3.05, 3.63) is 70.8 Å². The van der Waals surface area contributed by atoms with E-state index in [1.807, 2.05) is 12.1 Å². The molecule has 2 fully saturated rings. The quantitative estimate of drug-likeness (QED) is 0.843. The molecular formula is C24H28N2O2. The van der Waals surface area contributed by atoms with E-state index in [4.69, 9.17) is 5.73 Å². The predicted molar refractivity (Wildman–Crippen MR) is 109 cm³/mol. The lowest BCUT2D eigenvalue weighted by atomic mass is 9.86. The molecule has 5 rings (SSSR count). The monoisotopic (exact) mass is 376 g/mol. The van der Waals surface area contributed by atoms with Crippen LogP contribution in [0.15, 0.2) is 48.5 Å². The minimum Gasteiger partial charge on any atom is -0.388 e. The van der Waals surface area contributed by atoms with E-state index < -0.39 is 5.60 Å². The number of nitrogens with zero attached hydrogens (tertiary/aromatic N) is 1. The van der Waals surface area contributed by atoms with Crippen LogP contribution in [0.1, 0.15) is 40.4 Å². The summed E-state index contributed by atoms with van der Waals surface area (Å²) in [6.07, 6.45) is 2.59. The third-order valence-electron chi connectivity index (χ3n) is 7.55. The van der Waals surface area contributed by atoms with Gasteiger partial charge in [0, 0.05) is 43.5 Å². The van der Waals surface area contributed by atoms with Crippen LogP contribution in [0.2, 0.25) is 0 Å². The van der Waals surface area contributed by atoms with Gasteiger partial charge in [-0.15, -0.1) is 0 Å². The zero-order valence-corrected chi connectivity index (χ0v) is 16.4. The Hall–Kier alpha value is -2.17. The van der Waals surface area contributed by atoms with E-state index in [9.17, 15) is 9.90 Å². The molecule has 1 amide bonds. The molecule has 4 nitrogen and oxygen atoms in total. The van der Waals surface area contributed by atoms with Gasteiger partial charge in [-0.25, -0.2) is 0 Å². The molecule has 0 spiro atoms. The Kier molecular flexibility index (Phi) is 3.94. The summed E-state index contributed by atoms with van der Waals surface area (Å²) in [6, 6.07) is 16.3. The van der Waals surface area contributed by atoms with Crippen molar-refractivity contribution in [3.63, 3.8) is 0 Å². The second-order valence-corrected chi connectivity index (χ2v) is 9.09. The Labute approximate surface area is 166 Å². The Balaban J connectivity index is 1.29. The molecule has 146 valence electrons. The highest BCUT2D eigenvalue weighted by molar-refractivity contribution is 5.93. The Morgan fingerprint density at radius 2 is 1.75 bits per heavy atom. The molecule has 1 saturated heterocycles. The van der Waals surface area contributed by atoms with Gasteiger partial charge in [-0.1, -0.05) is 43.3 Å². The van der Waals surface area contributed by atoms with Crippen LogP contribution in [0.4, 0.5) is 0 Å². The van der Waals surface area contributed by atoms with Gasteiger partial charge < -0.3 is 10.8 Å². The fraction of sp³-hybridized carbons (Fsp3) is 0.458. The number of rotatable bonds is 5. The second kappa shape index (κ2) is 6.16. The first-order chi connectivity index (χ1) is 13.4. The third-order valence-corrected chi connectivity index (χ3v) is 7.55. The van der Waals surface area contributed by atoms with E-state index in [2.05, 4.69) is 42.2 Å². The molecular weight excluding hydrogens is 348 g/mol. The molecule has 2 aromatic rings. The van der Waals surface area contributed by atoms with Gasteiger partial charge in [0.25, 0.3) is 0 Å². The van der Waals surface area contributed by atoms with E-state index >= 15 is 0 Å². The van der Waals surface area contributed by atoms with Crippen molar-refractivity contribution in [3.8, 4) is 0 Å². The summed E-state index contributed by atoms with van der Waals surface area (Å²) in [4.78, 5) is 14.0. The molecule has 3 aliphatic rings. The van der Waals surface area contributed by atoms with Gasteiger partial charge >= 0.3 is 0 Å². The second-order valence-electron chi connectivity index (χ2n) is 9.09. The topological polar surface area (TPSA) is 66.6 Å². The van der Waals surface area contributed by atoms with Gasteiger partial charge in [0.2, 0.25) is 5.91 Å². The van der Waals surface area contributed by atoms with E-state index in [1.165, 1.54) is 16.7 Å². The van der Waals surface area contributed by atoms with Crippen molar-refractivity contribution in [2.75, 3.05) is 19.6 Å². The number of likely N-dealkylation sites (tertiary alicyclic amines) is 1.